The molecular weight excluding hydrogens is 322 g/mol. The number of nitrogens with zero attached hydrogens (tertiary/aromatic N) is 2. The van der Waals surface area contributed by atoms with Gasteiger partial charge in [-0.05, 0) is 26.0 Å². The molecule has 1 fully saturated rings. The van der Waals surface area contributed by atoms with Crippen molar-refractivity contribution in [3.63, 3.8) is 0 Å². The Labute approximate surface area is 148 Å². The summed E-state index contributed by atoms with van der Waals surface area (Å²) in [7, 11) is 0. The fraction of sp³-hybridized carbons (Fsp3) is 0.556. The topological polar surface area (TPSA) is 71.1 Å². The Kier molecular flexibility index (Phi) is 7.06. The first-order valence-corrected chi connectivity index (χ1v) is 8.70. The number of anilines is 1. The van der Waals surface area contributed by atoms with Crippen LogP contribution in [0.15, 0.2) is 18.2 Å². The predicted molar refractivity (Wildman–Crippen MR) is 96.1 cm³/mol. The number of hydrogen-bond donors (Lipinski definition) is 1. The van der Waals surface area contributed by atoms with Crippen molar-refractivity contribution in [2.45, 2.75) is 20.8 Å². The Balaban J connectivity index is 1.90. The molecule has 1 aliphatic heterocycles. The highest BCUT2D eigenvalue weighted by atomic mass is 16.5. The van der Waals surface area contributed by atoms with Crippen LogP contribution in [0.1, 0.15) is 20.8 Å². The molecule has 7 nitrogen and oxygen atoms in total. The van der Waals surface area contributed by atoms with Crippen molar-refractivity contribution in [3.8, 4) is 11.5 Å². The summed E-state index contributed by atoms with van der Waals surface area (Å²) >= 11 is 0. The van der Waals surface area contributed by atoms with Gasteiger partial charge in [-0.15, -0.1) is 0 Å². The van der Waals surface area contributed by atoms with E-state index in [0.717, 1.165) is 0 Å². The van der Waals surface area contributed by atoms with E-state index < -0.39 is 0 Å². The zero-order valence-electron chi connectivity index (χ0n) is 15.2. The monoisotopic (exact) mass is 349 g/mol. The molecule has 0 atom stereocenters. The summed E-state index contributed by atoms with van der Waals surface area (Å²) in [5.41, 5.74) is 0.680. The third-order valence-electron chi connectivity index (χ3n) is 4.01. The van der Waals surface area contributed by atoms with Gasteiger partial charge in [-0.3, -0.25) is 14.5 Å². The van der Waals surface area contributed by atoms with Gasteiger partial charge in [0, 0.05) is 44.9 Å². The second-order valence-corrected chi connectivity index (χ2v) is 5.86. The Bertz CT molecular complexity index is 598. The van der Waals surface area contributed by atoms with Gasteiger partial charge in [0.05, 0.1) is 19.8 Å². The van der Waals surface area contributed by atoms with E-state index in [0.29, 0.717) is 63.1 Å². The molecule has 1 saturated heterocycles. The minimum absolute atomic E-state index is 0.0807. The quantitative estimate of drug-likeness (QED) is 0.809. The standard InChI is InChI=1S/C18H27N3O4/c1-4-24-16-7-6-15(12-17(16)25-5-2)19-18(23)13-20-8-10-21(11-9-20)14(3)22/h6-7,12H,4-5,8-11,13H2,1-3H3,(H,19,23). The van der Waals surface area contributed by atoms with Crippen molar-refractivity contribution in [1.82, 2.24) is 9.80 Å². The number of ether oxygens (including phenoxy) is 2. The number of hydrogen-bond acceptors (Lipinski definition) is 5. The normalized spacial score (nSPS) is 14.9. The van der Waals surface area contributed by atoms with Crippen LogP contribution in [-0.2, 0) is 9.59 Å². The van der Waals surface area contributed by atoms with Crippen LogP contribution < -0.4 is 14.8 Å². The molecular formula is C18H27N3O4. The fourth-order valence-electron chi connectivity index (χ4n) is 2.75. The van der Waals surface area contributed by atoms with E-state index in [9.17, 15) is 9.59 Å². The number of nitrogens with one attached hydrogen (secondary N) is 1. The molecule has 1 aromatic rings. The summed E-state index contributed by atoms with van der Waals surface area (Å²) in [4.78, 5) is 27.5. The molecule has 138 valence electrons. The number of rotatable bonds is 7. The van der Waals surface area contributed by atoms with E-state index >= 15 is 0 Å². The molecule has 0 bridgehead atoms. The second kappa shape index (κ2) is 9.27. The van der Waals surface area contributed by atoms with Gasteiger partial charge in [-0.2, -0.15) is 0 Å². The number of benzene rings is 1. The maximum atomic E-state index is 12.3. The number of piperazine rings is 1. The van der Waals surface area contributed by atoms with Gasteiger partial charge in [0.25, 0.3) is 0 Å². The molecule has 1 aromatic carbocycles. The van der Waals surface area contributed by atoms with Gasteiger partial charge >= 0.3 is 0 Å². The lowest BCUT2D eigenvalue weighted by atomic mass is 10.2. The van der Waals surface area contributed by atoms with Crippen LogP contribution in [0.3, 0.4) is 0 Å². The maximum absolute atomic E-state index is 12.3. The highest BCUT2D eigenvalue weighted by Crippen LogP contribution is 2.30. The largest absolute Gasteiger partial charge is 0.490 e. The molecule has 2 rings (SSSR count). The lowest BCUT2D eigenvalue weighted by Gasteiger charge is -2.33. The third-order valence-corrected chi connectivity index (χ3v) is 4.01. The Morgan fingerprint density at radius 2 is 1.68 bits per heavy atom. The average Bonchev–Trinajstić information content (AvgIpc) is 2.58. The Morgan fingerprint density at radius 3 is 2.28 bits per heavy atom. The van der Waals surface area contributed by atoms with Gasteiger partial charge < -0.3 is 19.7 Å². The van der Waals surface area contributed by atoms with E-state index in [1.807, 2.05) is 18.7 Å². The van der Waals surface area contributed by atoms with Crippen molar-refractivity contribution in [2.75, 3.05) is 51.3 Å². The zero-order chi connectivity index (χ0) is 18.2. The Morgan fingerprint density at radius 1 is 1.04 bits per heavy atom. The third kappa shape index (κ3) is 5.63. The van der Waals surface area contributed by atoms with E-state index in [4.69, 9.17) is 9.47 Å². The van der Waals surface area contributed by atoms with Gasteiger partial charge in [-0.25, -0.2) is 0 Å². The first kappa shape index (κ1) is 19.1. The minimum atomic E-state index is -0.0807. The molecule has 1 aliphatic rings. The van der Waals surface area contributed by atoms with Crippen LogP contribution >= 0.6 is 0 Å². The summed E-state index contributed by atoms with van der Waals surface area (Å²) in [6.45, 7) is 9.53. The molecule has 0 unspecified atom stereocenters. The molecule has 0 aromatic heterocycles. The highest BCUT2D eigenvalue weighted by Gasteiger charge is 2.20. The van der Waals surface area contributed by atoms with Gasteiger partial charge in [0.2, 0.25) is 11.8 Å². The summed E-state index contributed by atoms with van der Waals surface area (Å²) in [5.74, 6) is 1.30. The van der Waals surface area contributed by atoms with Crippen LogP contribution in [0, 0.1) is 0 Å². The van der Waals surface area contributed by atoms with Crippen LogP contribution in [0.4, 0.5) is 5.69 Å². The lowest BCUT2D eigenvalue weighted by molar-refractivity contribution is -0.130. The molecule has 2 amide bonds. The maximum Gasteiger partial charge on any atom is 0.238 e. The average molecular weight is 349 g/mol. The molecule has 25 heavy (non-hydrogen) atoms. The smallest absolute Gasteiger partial charge is 0.238 e. The molecule has 0 saturated carbocycles. The molecule has 1 N–H and O–H groups in total. The highest BCUT2D eigenvalue weighted by molar-refractivity contribution is 5.92. The molecule has 0 aliphatic carbocycles. The molecule has 0 spiro atoms. The summed E-state index contributed by atoms with van der Waals surface area (Å²) in [6.07, 6.45) is 0. The number of amides is 2. The van der Waals surface area contributed by atoms with Crippen molar-refractivity contribution < 1.29 is 19.1 Å². The molecule has 7 heteroatoms. The SMILES string of the molecule is CCOc1ccc(NC(=O)CN2CCN(C(C)=O)CC2)cc1OCC. The predicted octanol–water partition coefficient (Wildman–Crippen LogP) is 1.59. The van der Waals surface area contributed by atoms with Gasteiger partial charge in [-0.1, -0.05) is 0 Å². The first-order chi connectivity index (χ1) is 12.0. The van der Waals surface area contributed by atoms with Crippen molar-refractivity contribution in [1.29, 1.82) is 0 Å². The molecule has 0 radical (unpaired) electrons. The van der Waals surface area contributed by atoms with Crippen LogP contribution in [-0.4, -0.2) is 67.6 Å². The van der Waals surface area contributed by atoms with E-state index in [1.165, 1.54) is 0 Å². The fourth-order valence-corrected chi connectivity index (χ4v) is 2.75. The summed E-state index contributed by atoms with van der Waals surface area (Å²) in [5, 5.41) is 2.89. The van der Waals surface area contributed by atoms with Crippen LogP contribution in [0.25, 0.3) is 0 Å². The Hall–Kier alpha value is -2.28. The zero-order valence-corrected chi connectivity index (χ0v) is 15.2. The summed E-state index contributed by atoms with van der Waals surface area (Å²) in [6, 6.07) is 5.38. The second-order valence-electron chi connectivity index (χ2n) is 5.86. The number of carbonyl (C=O) groups is 2. The molecule has 1 heterocycles. The van der Waals surface area contributed by atoms with E-state index in [1.54, 1.807) is 30.0 Å². The van der Waals surface area contributed by atoms with Crippen molar-refractivity contribution in [2.24, 2.45) is 0 Å². The number of carbonyl (C=O) groups excluding carboxylic acids is 2. The summed E-state index contributed by atoms with van der Waals surface area (Å²) < 4.78 is 11.1. The van der Waals surface area contributed by atoms with Crippen molar-refractivity contribution in [3.05, 3.63) is 18.2 Å². The van der Waals surface area contributed by atoms with Gasteiger partial charge in [0.15, 0.2) is 11.5 Å². The van der Waals surface area contributed by atoms with E-state index in [2.05, 4.69) is 5.32 Å². The minimum Gasteiger partial charge on any atom is -0.490 e. The van der Waals surface area contributed by atoms with Gasteiger partial charge in [0.1, 0.15) is 0 Å². The van der Waals surface area contributed by atoms with E-state index in [-0.39, 0.29) is 11.8 Å². The van der Waals surface area contributed by atoms with Crippen LogP contribution in [0.5, 0.6) is 11.5 Å². The van der Waals surface area contributed by atoms with Crippen molar-refractivity contribution >= 4 is 17.5 Å². The lowest BCUT2D eigenvalue weighted by Crippen LogP contribution is -2.49. The van der Waals surface area contributed by atoms with Crippen LogP contribution in [0.2, 0.25) is 0 Å². The first-order valence-electron chi connectivity index (χ1n) is 8.70.